The van der Waals surface area contributed by atoms with Crippen LogP contribution in [0.2, 0.25) is 0 Å². The summed E-state index contributed by atoms with van der Waals surface area (Å²) >= 11 is 0. The summed E-state index contributed by atoms with van der Waals surface area (Å²) in [5.41, 5.74) is 18.5. The van der Waals surface area contributed by atoms with Gasteiger partial charge in [-0.3, -0.25) is 10.8 Å². The molecule has 0 spiro atoms. The molecule has 0 fully saturated rings. The Bertz CT molecular complexity index is 1080. The van der Waals surface area contributed by atoms with Crippen LogP contribution in [0.3, 0.4) is 0 Å². The Morgan fingerprint density at radius 2 is 1.09 bits per heavy atom. The molecule has 0 aliphatic heterocycles. The first-order chi connectivity index (χ1) is 15.8. The smallest absolute Gasteiger partial charge is 0.122 e. The maximum Gasteiger partial charge on any atom is 0.122 e. The highest BCUT2D eigenvalue weighted by Gasteiger charge is 2.10. The van der Waals surface area contributed by atoms with E-state index in [1.54, 1.807) is 14.2 Å². The van der Waals surface area contributed by atoms with E-state index < -0.39 is 0 Å². The molecule has 33 heavy (non-hydrogen) atoms. The van der Waals surface area contributed by atoms with Gasteiger partial charge in [-0.15, -0.1) is 0 Å². The van der Waals surface area contributed by atoms with Crippen LogP contribution in [0.25, 0.3) is 0 Å². The number of benzene rings is 3. The quantitative estimate of drug-likeness (QED) is 0.277. The van der Waals surface area contributed by atoms with Gasteiger partial charge in [-0.2, -0.15) is 0 Å². The van der Waals surface area contributed by atoms with Crippen LogP contribution in [0, 0.1) is 17.7 Å². The molecule has 0 aliphatic rings. The number of hydrogen-bond donors (Lipinski definition) is 4. The van der Waals surface area contributed by atoms with Crippen LogP contribution in [0.4, 0.5) is 0 Å². The molecule has 3 aromatic rings. The number of aryl methyl sites for hydroxylation is 5. The van der Waals surface area contributed by atoms with Gasteiger partial charge in [-0.1, -0.05) is 48.0 Å². The molecular formula is C27H32N4O2. The van der Waals surface area contributed by atoms with Crippen LogP contribution >= 0.6 is 0 Å². The third-order valence-corrected chi connectivity index (χ3v) is 5.76. The highest BCUT2D eigenvalue weighted by Crippen LogP contribution is 2.24. The van der Waals surface area contributed by atoms with Crippen molar-refractivity contribution in [2.24, 2.45) is 11.5 Å². The van der Waals surface area contributed by atoms with Gasteiger partial charge in [0.15, 0.2) is 0 Å². The van der Waals surface area contributed by atoms with E-state index in [1.165, 1.54) is 16.7 Å². The normalized spacial score (nSPS) is 10.6. The molecule has 0 heterocycles. The highest BCUT2D eigenvalue weighted by molar-refractivity contribution is 5.95. The van der Waals surface area contributed by atoms with Gasteiger partial charge in [-0.25, -0.2) is 0 Å². The Morgan fingerprint density at radius 1 is 0.667 bits per heavy atom. The lowest BCUT2D eigenvalue weighted by atomic mass is 9.96. The second-order valence-corrected chi connectivity index (χ2v) is 8.21. The monoisotopic (exact) mass is 444 g/mol. The van der Waals surface area contributed by atoms with Crippen LogP contribution in [0.5, 0.6) is 11.5 Å². The number of rotatable bonds is 10. The summed E-state index contributed by atoms with van der Waals surface area (Å²) in [7, 11) is 3.29. The van der Waals surface area contributed by atoms with Crippen LogP contribution in [-0.4, -0.2) is 25.9 Å². The summed E-state index contributed by atoms with van der Waals surface area (Å²) in [6.45, 7) is 2.12. The molecular weight excluding hydrogens is 412 g/mol. The molecule has 6 N–H and O–H groups in total. The highest BCUT2D eigenvalue weighted by atomic mass is 16.5. The van der Waals surface area contributed by atoms with Gasteiger partial charge in [0.25, 0.3) is 0 Å². The summed E-state index contributed by atoms with van der Waals surface area (Å²) in [5.74, 6) is 1.60. The van der Waals surface area contributed by atoms with Crippen molar-refractivity contribution in [2.75, 3.05) is 14.2 Å². The third-order valence-electron chi connectivity index (χ3n) is 5.76. The van der Waals surface area contributed by atoms with Crippen molar-refractivity contribution in [1.29, 1.82) is 10.8 Å². The number of ether oxygens (including phenoxy) is 2. The topological polar surface area (TPSA) is 118 Å². The lowest BCUT2D eigenvalue weighted by Gasteiger charge is -2.13. The standard InChI is InChI=1S/C27H32N4O2/c1-17-12-18(4-6-20-8-10-22(26(28)29)15-24(20)32-2)14-19(13-17)5-7-21-9-11-23(27(30)31)16-25(21)33-3/h8-16H,4-7H2,1-3H3,(H3,28,29)(H3,30,31). The lowest BCUT2D eigenvalue weighted by molar-refractivity contribution is 0.409. The van der Waals surface area contributed by atoms with E-state index in [4.69, 9.17) is 31.8 Å². The van der Waals surface area contributed by atoms with Crippen LogP contribution in [0.1, 0.15) is 38.9 Å². The number of amidine groups is 2. The fourth-order valence-electron chi connectivity index (χ4n) is 4.03. The van der Waals surface area contributed by atoms with E-state index in [0.29, 0.717) is 11.1 Å². The van der Waals surface area contributed by atoms with Crippen molar-refractivity contribution in [3.63, 3.8) is 0 Å². The van der Waals surface area contributed by atoms with Crippen molar-refractivity contribution in [2.45, 2.75) is 32.6 Å². The SMILES string of the molecule is COc1cc(C(=N)N)ccc1CCc1cc(C)cc(CCc2ccc(C(=N)N)cc2OC)c1. The minimum absolute atomic E-state index is 0.0377. The summed E-state index contributed by atoms with van der Waals surface area (Å²) in [4.78, 5) is 0. The number of nitrogen functional groups attached to an aromatic ring is 2. The lowest BCUT2D eigenvalue weighted by Crippen LogP contribution is -2.11. The predicted octanol–water partition coefficient (Wildman–Crippen LogP) is 4.15. The molecule has 0 radical (unpaired) electrons. The Morgan fingerprint density at radius 3 is 1.45 bits per heavy atom. The molecule has 0 unspecified atom stereocenters. The molecule has 0 aliphatic carbocycles. The van der Waals surface area contributed by atoms with Crippen molar-refractivity contribution in [3.05, 3.63) is 93.5 Å². The Kier molecular flexibility index (Phi) is 7.72. The number of nitrogens with two attached hydrogens (primary N) is 2. The Labute approximate surface area is 195 Å². The maximum atomic E-state index is 7.62. The van der Waals surface area contributed by atoms with Crippen LogP contribution in [0.15, 0.2) is 54.6 Å². The van der Waals surface area contributed by atoms with Crippen molar-refractivity contribution >= 4 is 11.7 Å². The van der Waals surface area contributed by atoms with E-state index in [2.05, 4.69) is 25.1 Å². The zero-order valence-corrected chi connectivity index (χ0v) is 19.5. The van der Waals surface area contributed by atoms with E-state index in [9.17, 15) is 0 Å². The molecule has 0 aromatic heterocycles. The van der Waals surface area contributed by atoms with Crippen LogP contribution < -0.4 is 20.9 Å². The van der Waals surface area contributed by atoms with Gasteiger partial charge in [0, 0.05) is 11.1 Å². The minimum Gasteiger partial charge on any atom is -0.496 e. The first-order valence-electron chi connectivity index (χ1n) is 10.9. The molecule has 3 aromatic carbocycles. The molecule has 0 bridgehead atoms. The molecule has 3 rings (SSSR count). The minimum atomic E-state index is 0.0377. The molecule has 6 heteroatoms. The van der Waals surface area contributed by atoms with E-state index in [0.717, 1.165) is 48.3 Å². The zero-order valence-electron chi connectivity index (χ0n) is 19.5. The van der Waals surface area contributed by atoms with E-state index in [-0.39, 0.29) is 11.7 Å². The number of nitrogens with one attached hydrogen (secondary N) is 2. The van der Waals surface area contributed by atoms with Gasteiger partial charge in [-0.05, 0) is 67.0 Å². The summed E-state index contributed by atoms with van der Waals surface area (Å²) in [6, 6.07) is 18.1. The average Bonchev–Trinajstić information content (AvgIpc) is 2.80. The van der Waals surface area contributed by atoms with Crippen molar-refractivity contribution in [1.82, 2.24) is 0 Å². The van der Waals surface area contributed by atoms with Gasteiger partial charge in [0.05, 0.1) is 14.2 Å². The largest absolute Gasteiger partial charge is 0.496 e. The second kappa shape index (κ2) is 10.7. The first kappa shape index (κ1) is 23.9. The number of methoxy groups -OCH3 is 2. The van der Waals surface area contributed by atoms with Crippen LogP contribution in [-0.2, 0) is 25.7 Å². The molecule has 0 saturated carbocycles. The first-order valence-corrected chi connectivity index (χ1v) is 10.9. The summed E-state index contributed by atoms with van der Waals surface area (Å²) < 4.78 is 11.0. The van der Waals surface area contributed by atoms with Gasteiger partial charge < -0.3 is 20.9 Å². The van der Waals surface area contributed by atoms with Crippen molar-refractivity contribution < 1.29 is 9.47 Å². The third kappa shape index (κ3) is 6.13. The molecule has 0 amide bonds. The fraction of sp³-hybridized carbons (Fsp3) is 0.259. The Balaban J connectivity index is 1.72. The van der Waals surface area contributed by atoms with Gasteiger partial charge in [0.1, 0.15) is 23.2 Å². The molecule has 0 saturated heterocycles. The Hall–Kier alpha value is -3.80. The molecule has 6 nitrogen and oxygen atoms in total. The predicted molar refractivity (Wildman–Crippen MR) is 134 cm³/mol. The zero-order chi connectivity index (χ0) is 24.0. The van der Waals surface area contributed by atoms with E-state index in [1.807, 2.05) is 36.4 Å². The van der Waals surface area contributed by atoms with Gasteiger partial charge in [0.2, 0.25) is 0 Å². The summed E-state index contributed by atoms with van der Waals surface area (Å²) in [5, 5.41) is 15.2. The molecule has 0 atom stereocenters. The number of hydrogen-bond acceptors (Lipinski definition) is 4. The molecule has 172 valence electrons. The van der Waals surface area contributed by atoms with Crippen molar-refractivity contribution in [3.8, 4) is 11.5 Å². The van der Waals surface area contributed by atoms with E-state index >= 15 is 0 Å². The summed E-state index contributed by atoms with van der Waals surface area (Å²) in [6.07, 6.45) is 3.46. The average molecular weight is 445 g/mol. The maximum absolute atomic E-state index is 7.62. The van der Waals surface area contributed by atoms with Gasteiger partial charge >= 0.3 is 0 Å². The fourth-order valence-corrected chi connectivity index (χ4v) is 4.03. The second-order valence-electron chi connectivity index (χ2n) is 8.21.